The summed E-state index contributed by atoms with van der Waals surface area (Å²) in [6.07, 6.45) is 1.95. The van der Waals surface area contributed by atoms with E-state index >= 15 is 0 Å². The Hall–Kier alpha value is -2.29. The Morgan fingerprint density at radius 2 is 2.30 bits per heavy atom. The van der Waals surface area contributed by atoms with Crippen LogP contribution in [0.2, 0.25) is 0 Å². The molecule has 9 heteroatoms. The lowest BCUT2D eigenvalue weighted by molar-refractivity contribution is -0.137. The lowest BCUT2D eigenvalue weighted by Crippen LogP contribution is -2.26. The predicted molar refractivity (Wildman–Crippen MR) is 70.5 cm³/mol. The van der Waals surface area contributed by atoms with Gasteiger partial charge in [0, 0.05) is 24.0 Å². The molecule has 0 aliphatic rings. The minimum atomic E-state index is -1.04. The van der Waals surface area contributed by atoms with Crippen molar-refractivity contribution in [1.29, 1.82) is 0 Å². The summed E-state index contributed by atoms with van der Waals surface area (Å²) >= 11 is 1.55. The number of carboxylic acid groups (broad SMARTS) is 1. The van der Waals surface area contributed by atoms with Gasteiger partial charge in [-0.15, -0.1) is 16.4 Å². The summed E-state index contributed by atoms with van der Waals surface area (Å²) in [7, 11) is 0. The maximum absolute atomic E-state index is 11.7. The molecule has 1 amide bonds. The van der Waals surface area contributed by atoms with E-state index in [-0.39, 0.29) is 18.1 Å². The number of hydrogen-bond donors (Lipinski definition) is 2. The lowest BCUT2D eigenvalue weighted by Gasteiger charge is -2.00. The van der Waals surface area contributed by atoms with Crippen LogP contribution in [0.4, 0.5) is 0 Å². The molecule has 8 nitrogen and oxygen atoms in total. The highest BCUT2D eigenvalue weighted by molar-refractivity contribution is 7.09. The van der Waals surface area contributed by atoms with Crippen LogP contribution in [0.1, 0.15) is 21.2 Å². The van der Waals surface area contributed by atoms with Crippen LogP contribution in [-0.2, 0) is 17.8 Å². The van der Waals surface area contributed by atoms with E-state index in [1.54, 1.807) is 11.3 Å². The molecule has 0 saturated heterocycles. The zero-order chi connectivity index (χ0) is 14.5. The minimum Gasteiger partial charge on any atom is -0.480 e. The van der Waals surface area contributed by atoms with E-state index in [9.17, 15) is 9.59 Å². The fourth-order valence-corrected chi connectivity index (χ4v) is 2.29. The molecule has 106 valence electrons. The van der Waals surface area contributed by atoms with Gasteiger partial charge in [-0.05, 0) is 6.92 Å². The molecule has 0 fully saturated rings. The van der Waals surface area contributed by atoms with Crippen molar-refractivity contribution in [3.05, 3.63) is 28.0 Å². The highest BCUT2D eigenvalue weighted by Crippen LogP contribution is 2.08. The van der Waals surface area contributed by atoms with E-state index in [1.165, 1.54) is 6.20 Å². The van der Waals surface area contributed by atoms with Gasteiger partial charge in [0.2, 0.25) is 0 Å². The van der Waals surface area contributed by atoms with E-state index in [0.717, 1.165) is 15.4 Å². The molecule has 2 aromatic rings. The third-order valence-electron chi connectivity index (χ3n) is 2.36. The Labute approximate surface area is 118 Å². The van der Waals surface area contributed by atoms with Gasteiger partial charge < -0.3 is 10.4 Å². The molecule has 0 aliphatic carbocycles. The van der Waals surface area contributed by atoms with Crippen molar-refractivity contribution in [2.75, 3.05) is 6.54 Å². The molecule has 2 heterocycles. The Morgan fingerprint density at radius 1 is 1.50 bits per heavy atom. The maximum atomic E-state index is 11.7. The molecule has 0 saturated carbocycles. The Kier molecular flexibility index (Phi) is 4.41. The number of nitrogens with one attached hydrogen (secondary N) is 1. The van der Waals surface area contributed by atoms with Crippen LogP contribution in [0.15, 0.2) is 11.6 Å². The summed E-state index contributed by atoms with van der Waals surface area (Å²) < 4.78 is 1.10. The third-order valence-corrected chi connectivity index (χ3v) is 3.39. The lowest BCUT2D eigenvalue weighted by atomic mass is 10.4. The van der Waals surface area contributed by atoms with Crippen LogP contribution in [0.25, 0.3) is 0 Å². The number of rotatable bonds is 6. The minimum absolute atomic E-state index is 0.0987. The van der Waals surface area contributed by atoms with Gasteiger partial charge in [-0.2, -0.15) is 0 Å². The molecule has 0 spiro atoms. The van der Waals surface area contributed by atoms with Crippen LogP contribution in [0.5, 0.6) is 0 Å². The van der Waals surface area contributed by atoms with E-state index < -0.39 is 5.97 Å². The molecule has 0 unspecified atom stereocenters. The van der Waals surface area contributed by atoms with Gasteiger partial charge in [0.25, 0.3) is 5.91 Å². The zero-order valence-corrected chi connectivity index (χ0v) is 11.6. The number of carboxylic acids is 1. The number of aliphatic carboxylic acids is 1. The number of carbonyl (C=O) groups excluding carboxylic acids is 1. The van der Waals surface area contributed by atoms with Crippen molar-refractivity contribution in [1.82, 2.24) is 25.3 Å². The highest BCUT2D eigenvalue weighted by atomic mass is 32.1. The molecular weight excluding hydrogens is 282 g/mol. The quantitative estimate of drug-likeness (QED) is 0.782. The zero-order valence-electron chi connectivity index (χ0n) is 10.7. The number of amides is 1. The van der Waals surface area contributed by atoms with Crippen LogP contribution < -0.4 is 5.32 Å². The topological polar surface area (TPSA) is 110 Å². The molecule has 2 N–H and O–H groups in total. The first-order valence-corrected chi connectivity index (χ1v) is 6.73. The summed E-state index contributed by atoms with van der Waals surface area (Å²) in [5.74, 6) is -1.42. The molecule has 0 bridgehead atoms. The summed E-state index contributed by atoms with van der Waals surface area (Å²) in [5.41, 5.74) is 1.06. The standard InChI is InChI=1S/C11H13N5O3S/c1-7-6-20-9(13-7)2-3-12-11(19)8-4-16(15-14-8)5-10(17)18/h4,6H,2-3,5H2,1H3,(H,12,19)(H,17,18). The Morgan fingerprint density at radius 3 is 2.95 bits per heavy atom. The second kappa shape index (κ2) is 6.24. The summed E-state index contributed by atoms with van der Waals surface area (Å²) in [6.45, 7) is 2.04. The second-order valence-electron chi connectivity index (χ2n) is 4.08. The van der Waals surface area contributed by atoms with Gasteiger partial charge in [0.1, 0.15) is 6.54 Å². The van der Waals surface area contributed by atoms with Crippen molar-refractivity contribution < 1.29 is 14.7 Å². The number of carbonyl (C=O) groups is 2. The normalized spacial score (nSPS) is 10.4. The summed E-state index contributed by atoms with van der Waals surface area (Å²) in [5, 5.41) is 21.4. The third kappa shape index (κ3) is 3.85. The Bertz CT molecular complexity index is 621. The van der Waals surface area contributed by atoms with Gasteiger partial charge in [-0.25, -0.2) is 9.67 Å². The molecular formula is C11H13N5O3S. The molecule has 0 aliphatic heterocycles. The molecule has 0 aromatic carbocycles. The SMILES string of the molecule is Cc1csc(CCNC(=O)c2cn(CC(=O)O)nn2)n1. The summed E-state index contributed by atoms with van der Waals surface area (Å²) in [6, 6.07) is 0. The second-order valence-corrected chi connectivity index (χ2v) is 5.03. The van der Waals surface area contributed by atoms with E-state index in [2.05, 4.69) is 20.6 Å². The van der Waals surface area contributed by atoms with E-state index in [1.807, 2.05) is 12.3 Å². The van der Waals surface area contributed by atoms with Gasteiger partial charge in [0.15, 0.2) is 5.69 Å². The van der Waals surface area contributed by atoms with Gasteiger partial charge in [0.05, 0.1) is 11.2 Å². The smallest absolute Gasteiger partial charge is 0.325 e. The van der Waals surface area contributed by atoms with Crippen LogP contribution in [0, 0.1) is 6.92 Å². The number of aryl methyl sites for hydroxylation is 1. The predicted octanol–water partition coefficient (Wildman–Crippen LogP) is 0.100. The monoisotopic (exact) mass is 295 g/mol. The average molecular weight is 295 g/mol. The largest absolute Gasteiger partial charge is 0.480 e. The van der Waals surface area contributed by atoms with Crippen LogP contribution in [-0.4, -0.2) is 43.5 Å². The average Bonchev–Trinajstić information content (AvgIpc) is 2.98. The molecule has 2 aromatic heterocycles. The Balaban J connectivity index is 1.82. The number of nitrogens with zero attached hydrogens (tertiary/aromatic N) is 4. The highest BCUT2D eigenvalue weighted by Gasteiger charge is 2.11. The fraction of sp³-hybridized carbons (Fsp3) is 0.364. The van der Waals surface area contributed by atoms with Crippen molar-refractivity contribution >= 4 is 23.2 Å². The molecule has 0 atom stereocenters. The van der Waals surface area contributed by atoms with Gasteiger partial charge in [-0.1, -0.05) is 5.21 Å². The number of thiazole rings is 1. The molecule has 20 heavy (non-hydrogen) atoms. The van der Waals surface area contributed by atoms with Crippen molar-refractivity contribution in [3.8, 4) is 0 Å². The number of aromatic nitrogens is 4. The van der Waals surface area contributed by atoms with E-state index in [0.29, 0.717) is 13.0 Å². The van der Waals surface area contributed by atoms with Crippen LogP contribution in [0.3, 0.4) is 0 Å². The fourth-order valence-electron chi connectivity index (χ4n) is 1.51. The van der Waals surface area contributed by atoms with Crippen LogP contribution >= 0.6 is 11.3 Å². The van der Waals surface area contributed by atoms with Crippen molar-refractivity contribution in [2.45, 2.75) is 19.9 Å². The van der Waals surface area contributed by atoms with Crippen molar-refractivity contribution in [3.63, 3.8) is 0 Å². The number of hydrogen-bond acceptors (Lipinski definition) is 6. The molecule has 0 radical (unpaired) electrons. The summed E-state index contributed by atoms with van der Waals surface area (Å²) in [4.78, 5) is 26.5. The van der Waals surface area contributed by atoms with E-state index in [4.69, 9.17) is 5.11 Å². The van der Waals surface area contributed by atoms with Gasteiger partial charge >= 0.3 is 5.97 Å². The first-order chi connectivity index (χ1) is 9.54. The van der Waals surface area contributed by atoms with Gasteiger partial charge in [-0.3, -0.25) is 9.59 Å². The van der Waals surface area contributed by atoms with Crippen molar-refractivity contribution in [2.24, 2.45) is 0 Å². The molecule has 2 rings (SSSR count). The maximum Gasteiger partial charge on any atom is 0.325 e. The first kappa shape index (κ1) is 14.1. The first-order valence-electron chi connectivity index (χ1n) is 5.85.